The van der Waals surface area contributed by atoms with E-state index in [1.807, 2.05) is 36.6 Å². The minimum absolute atomic E-state index is 0.0665. The van der Waals surface area contributed by atoms with E-state index in [-0.39, 0.29) is 11.8 Å². The molecule has 7 heteroatoms. The van der Waals surface area contributed by atoms with Gasteiger partial charge in [0.15, 0.2) is 0 Å². The Labute approximate surface area is 242 Å². The van der Waals surface area contributed by atoms with Crippen LogP contribution in [-0.4, -0.2) is 32.0 Å². The molecule has 5 rings (SSSR count). The Hall–Kier alpha value is -3.25. The highest BCUT2D eigenvalue weighted by atomic mass is 35.5. The zero-order valence-electron chi connectivity index (χ0n) is 24.5. The maximum atomic E-state index is 13.4. The first-order valence-electron chi connectivity index (χ1n) is 14.6. The number of fused-ring (bicyclic) bond motifs is 1. The topological polar surface area (TPSA) is 72.2 Å². The summed E-state index contributed by atoms with van der Waals surface area (Å²) in [5.41, 5.74) is 9.79. The highest BCUT2D eigenvalue weighted by Gasteiger charge is 2.27. The van der Waals surface area contributed by atoms with Crippen molar-refractivity contribution in [2.45, 2.75) is 91.4 Å². The summed E-state index contributed by atoms with van der Waals surface area (Å²) in [6.45, 7) is 13.2. The third-order valence-corrected chi connectivity index (χ3v) is 8.85. The van der Waals surface area contributed by atoms with Gasteiger partial charge in [-0.25, -0.2) is 4.52 Å². The summed E-state index contributed by atoms with van der Waals surface area (Å²) in [5.74, 6) is 0.969. The Morgan fingerprint density at radius 2 is 1.93 bits per heavy atom. The Morgan fingerprint density at radius 3 is 2.62 bits per heavy atom. The number of halogens is 1. The maximum absolute atomic E-state index is 13.4. The lowest BCUT2D eigenvalue weighted by Crippen LogP contribution is -2.29. The van der Waals surface area contributed by atoms with Crippen molar-refractivity contribution >= 4 is 23.0 Å². The normalized spacial score (nSPS) is 14.9. The largest absolute Gasteiger partial charge is 0.351 e. The molecular weight excluding hydrogens is 518 g/mol. The van der Waals surface area contributed by atoms with Gasteiger partial charge in [-0.2, -0.15) is 5.10 Å². The van der Waals surface area contributed by atoms with Crippen LogP contribution in [0.1, 0.15) is 115 Å². The maximum Gasteiger partial charge on any atom is 0.251 e. The molecule has 0 aromatic carbocycles. The van der Waals surface area contributed by atoms with Gasteiger partial charge in [0, 0.05) is 47.1 Å². The molecule has 1 fully saturated rings. The monoisotopic (exact) mass is 557 g/mol. The van der Waals surface area contributed by atoms with E-state index in [0.29, 0.717) is 29.0 Å². The van der Waals surface area contributed by atoms with Crippen LogP contribution in [-0.2, 0) is 0 Å². The molecular formula is C33H40ClN5O. The average molecular weight is 558 g/mol. The van der Waals surface area contributed by atoms with Crippen molar-refractivity contribution in [3.05, 3.63) is 81.0 Å². The summed E-state index contributed by atoms with van der Waals surface area (Å²) in [5, 5.41) is 8.63. The molecule has 0 spiro atoms. The number of nitrogens with zero attached hydrogens (tertiary/aromatic N) is 4. The number of carbonyl (C=O) groups is 1. The first-order valence-corrected chi connectivity index (χ1v) is 15.0. The van der Waals surface area contributed by atoms with Crippen LogP contribution in [0.2, 0.25) is 5.02 Å². The number of hydrogen-bond donors (Lipinski definition) is 1. The van der Waals surface area contributed by atoms with Crippen molar-refractivity contribution in [1.82, 2.24) is 24.9 Å². The van der Waals surface area contributed by atoms with E-state index in [1.54, 1.807) is 6.20 Å². The van der Waals surface area contributed by atoms with Crippen LogP contribution in [0.15, 0.2) is 36.5 Å². The molecule has 2 atom stereocenters. The van der Waals surface area contributed by atoms with Crippen molar-refractivity contribution in [2.24, 2.45) is 0 Å². The quantitative estimate of drug-likeness (QED) is 0.214. The lowest BCUT2D eigenvalue weighted by molar-refractivity contribution is 0.0950. The van der Waals surface area contributed by atoms with Crippen LogP contribution in [0.25, 0.3) is 16.8 Å². The number of hydrogen-bond acceptors (Lipinski definition) is 4. The summed E-state index contributed by atoms with van der Waals surface area (Å²) in [4.78, 5) is 22.9. The summed E-state index contributed by atoms with van der Waals surface area (Å²) >= 11 is 6.74. The van der Waals surface area contributed by atoms with Gasteiger partial charge >= 0.3 is 0 Å². The molecule has 0 bridgehead atoms. The van der Waals surface area contributed by atoms with Crippen LogP contribution >= 0.6 is 11.6 Å². The molecule has 4 aromatic rings. The molecule has 4 aromatic heterocycles. The fourth-order valence-electron chi connectivity index (χ4n) is 5.60. The van der Waals surface area contributed by atoms with E-state index >= 15 is 0 Å². The SMILES string of the molecule is CCCC(CNC(=O)c1cc(C)n2nc(C3CC3)cc2c1)c1cc(C(C)CC)c(C)c(-c2ccnc(C)c2Cl)n1. The number of amides is 1. The van der Waals surface area contributed by atoms with Crippen LogP contribution in [0.3, 0.4) is 0 Å². The molecule has 40 heavy (non-hydrogen) atoms. The van der Waals surface area contributed by atoms with Crippen LogP contribution in [0.5, 0.6) is 0 Å². The molecule has 1 N–H and O–H groups in total. The van der Waals surface area contributed by atoms with Gasteiger partial charge in [0.1, 0.15) is 0 Å². The predicted octanol–water partition coefficient (Wildman–Crippen LogP) is 8.07. The second-order valence-corrected chi connectivity index (χ2v) is 11.8. The highest BCUT2D eigenvalue weighted by molar-refractivity contribution is 6.33. The first kappa shape index (κ1) is 28.3. The van der Waals surface area contributed by atoms with Crippen LogP contribution < -0.4 is 5.32 Å². The van der Waals surface area contributed by atoms with Crippen molar-refractivity contribution in [3.63, 3.8) is 0 Å². The van der Waals surface area contributed by atoms with E-state index in [1.165, 1.54) is 18.4 Å². The third kappa shape index (κ3) is 5.64. The molecule has 1 aliphatic rings. The van der Waals surface area contributed by atoms with E-state index in [2.05, 4.69) is 50.1 Å². The van der Waals surface area contributed by atoms with Gasteiger partial charge in [-0.3, -0.25) is 14.8 Å². The van der Waals surface area contributed by atoms with E-state index < -0.39 is 0 Å². The number of pyridine rings is 3. The zero-order chi connectivity index (χ0) is 28.6. The minimum Gasteiger partial charge on any atom is -0.351 e. The summed E-state index contributed by atoms with van der Waals surface area (Å²) in [7, 11) is 0. The van der Waals surface area contributed by atoms with Crippen LogP contribution in [0.4, 0.5) is 0 Å². The molecule has 210 valence electrons. The van der Waals surface area contributed by atoms with Gasteiger partial charge in [-0.15, -0.1) is 0 Å². The summed E-state index contributed by atoms with van der Waals surface area (Å²) in [6, 6.07) is 10.2. The van der Waals surface area contributed by atoms with Crippen molar-refractivity contribution < 1.29 is 4.79 Å². The second kappa shape index (κ2) is 11.7. The lowest BCUT2D eigenvalue weighted by Gasteiger charge is -2.23. The second-order valence-electron chi connectivity index (χ2n) is 11.4. The van der Waals surface area contributed by atoms with Gasteiger partial charge in [0.25, 0.3) is 5.91 Å². The van der Waals surface area contributed by atoms with Crippen molar-refractivity contribution in [1.29, 1.82) is 0 Å². The predicted molar refractivity (Wildman–Crippen MR) is 163 cm³/mol. The Morgan fingerprint density at radius 1 is 1.15 bits per heavy atom. The van der Waals surface area contributed by atoms with Gasteiger partial charge in [0.2, 0.25) is 0 Å². The van der Waals surface area contributed by atoms with E-state index in [9.17, 15) is 4.79 Å². The standard InChI is InChI=1S/C33H40ClN5O/c1-7-9-24(18-36-33(40)25-14-20(4)39-26(15-25)16-30(38-39)23-10-11-23)29-17-28(19(3)8-2)21(5)32(37-29)27-12-13-35-22(6)31(27)34/h12-17,19,23-24H,7-11,18H2,1-6H3,(H,36,40). The van der Waals surface area contributed by atoms with Crippen LogP contribution in [0, 0.1) is 20.8 Å². The molecule has 0 aliphatic heterocycles. The molecule has 2 unspecified atom stereocenters. The fraction of sp³-hybridized carbons (Fsp3) is 0.455. The highest BCUT2D eigenvalue weighted by Crippen LogP contribution is 2.40. The van der Waals surface area contributed by atoms with E-state index in [0.717, 1.165) is 64.4 Å². The Kier molecular flexibility index (Phi) is 8.27. The van der Waals surface area contributed by atoms with Gasteiger partial charge in [-0.05, 0) is 93.8 Å². The van der Waals surface area contributed by atoms with Gasteiger partial charge < -0.3 is 5.32 Å². The van der Waals surface area contributed by atoms with Crippen molar-refractivity contribution in [2.75, 3.05) is 6.54 Å². The average Bonchev–Trinajstić information content (AvgIpc) is 3.70. The minimum atomic E-state index is -0.0665. The molecule has 0 radical (unpaired) electrons. The lowest BCUT2D eigenvalue weighted by atomic mass is 9.88. The number of carbonyl (C=O) groups excluding carboxylic acids is 1. The fourth-order valence-corrected chi connectivity index (χ4v) is 5.80. The molecule has 1 aliphatic carbocycles. The molecule has 0 saturated heterocycles. The molecule has 1 amide bonds. The van der Waals surface area contributed by atoms with Crippen molar-refractivity contribution in [3.8, 4) is 11.3 Å². The number of aryl methyl sites for hydroxylation is 2. The zero-order valence-corrected chi connectivity index (χ0v) is 25.3. The van der Waals surface area contributed by atoms with Gasteiger partial charge in [0.05, 0.1) is 27.6 Å². The summed E-state index contributed by atoms with van der Waals surface area (Å²) in [6.07, 6.45) is 7.14. The third-order valence-electron chi connectivity index (χ3n) is 8.37. The summed E-state index contributed by atoms with van der Waals surface area (Å²) < 4.78 is 1.95. The number of rotatable bonds is 10. The van der Waals surface area contributed by atoms with Gasteiger partial charge in [-0.1, -0.05) is 38.8 Å². The molecule has 6 nitrogen and oxygen atoms in total. The Balaban J connectivity index is 1.45. The first-order chi connectivity index (χ1) is 19.2. The molecule has 4 heterocycles. The number of nitrogens with one attached hydrogen (secondary N) is 1. The number of aromatic nitrogens is 4. The Bertz CT molecular complexity index is 1550. The smallest absolute Gasteiger partial charge is 0.251 e. The van der Waals surface area contributed by atoms with E-state index in [4.69, 9.17) is 21.7 Å². The molecule has 1 saturated carbocycles.